The van der Waals surface area contributed by atoms with Gasteiger partial charge in [0.1, 0.15) is 11.6 Å². The van der Waals surface area contributed by atoms with Gasteiger partial charge in [-0.15, -0.1) is 13.2 Å². The molecule has 2 aromatic carbocycles. The van der Waals surface area contributed by atoms with E-state index >= 15 is 0 Å². The van der Waals surface area contributed by atoms with Gasteiger partial charge in [-0.1, -0.05) is 12.1 Å². The molecule has 0 radical (unpaired) electrons. The number of carbonyl (C=O) groups is 1. The molecule has 0 unspecified atom stereocenters. The topological polar surface area (TPSA) is 82.5 Å². The lowest BCUT2D eigenvalue weighted by atomic mass is 10.1. The number of para-hydroxylation sites is 1. The molecule has 8 nitrogen and oxygen atoms in total. The minimum Gasteiger partial charge on any atom is -0.856 e. The number of nitrogens with zero attached hydrogens (tertiary/aromatic N) is 4. The molecule has 0 atom stereocenters. The second kappa shape index (κ2) is 6.04. The van der Waals surface area contributed by atoms with Gasteiger partial charge in [0.2, 0.25) is 0 Å². The first-order valence-electron chi connectivity index (χ1n) is 7.92. The average molecular weight is 393 g/mol. The predicted octanol–water partition coefficient (Wildman–Crippen LogP) is 2.01. The second-order valence-corrected chi connectivity index (χ2v) is 5.94. The molecule has 4 rings (SSSR count). The normalized spacial score (nSPS) is 17.2. The summed E-state index contributed by atoms with van der Waals surface area (Å²) in [6.45, 7) is 0. The van der Waals surface area contributed by atoms with Crippen molar-refractivity contribution in [2.45, 2.75) is 6.36 Å². The van der Waals surface area contributed by atoms with Crippen LogP contribution in [0.15, 0.2) is 60.2 Å². The summed E-state index contributed by atoms with van der Waals surface area (Å²) in [7, 11) is 1.39. The molecule has 1 N–H and O–H groups in total. The number of rotatable bonds is 2. The summed E-state index contributed by atoms with van der Waals surface area (Å²) >= 11 is 0. The molecular formula is C17H12F3N4O4-. The van der Waals surface area contributed by atoms with Gasteiger partial charge in [-0.25, -0.2) is 10.0 Å². The number of hydrogen-bond acceptors (Lipinski definition) is 7. The van der Waals surface area contributed by atoms with Crippen molar-refractivity contribution in [3.8, 4) is 5.75 Å². The summed E-state index contributed by atoms with van der Waals surface area (Å²) in [5.41, 5.74) is 0.634. The van der Waals surface area contributed by atoms with Crippen LogP contribution in [0, 0.1) is 0 Å². The van der Waals surface area contributed by atoms with E-state index in [0.29, 0.717) is 5.28 Å². The smallest absolute Gasteiger partial charge is 0.573 e. The maximum Gasteiger partial charge on any atom is 0.573 e. The lowest BCUT2D eigenvalue weighted by Crippen LogP contribution is -2.49. The number of anilines is 2. The van der Waals surface area contributed by atoms with Crippen molar-refractivity contribution < 1.29 is 33.0 Å². The number of hydrazine groups is 2. The lowest BCUT2D eigenvalue weighted by Gasteiger charge is -2.37. The van der Waals surface area contributed by atoms with Crippen molar-refractivity contribution in [3.05, 3.63) is 65.8 Å². The van der Waals surface area contributed by atoms with Gasteiger partial charge in [-0.05, 0) is 36.4 Å². The van der Waals surface area contributed by atoms with Crippen LogP contribution in [-0.2, 0) is 0 Å². The van der Waals surface area contributed by atoms with Crippen molar-refractivity contribution in [1.29, 1.82) is 0 Å². The molecular weight excluding hydrogens is 381 g/mol. The fraction of sp³-hybridized carbons (Fsp3) is 0.118. The van der Waals surface area contributed by atoms with E-state index in [0.717, 1.165) is 27.1 Å². The summed E-state index contributed by atoms with van der Waals surface area (Å²) in [5, 5.41) is 25.9. The van der Waals surface area contributed by atoms with Crippen molar-refractivity contribution in [2.75, 3.05) is 17.1 Å². The fourth-order valence-electron chi connectivity index (χ4n) is 3.06. The molecule has 146 valence electrons. The van der Waals surface area contributed by atoms with Gasteiger partial charge in [0.25, 0.3) is 5.91 Å². The Kier molecular flexibility index (Phi) is 3.87. The monoisotopic (exact) mass is 393 g/mol. The van der Waals surface area contributed by atoms with E-state index in [9.17, 15) is 28.3 Å². The Morgan fingerprint density at radius 1 is 1.04 bits per heavy atom. The van der Waals surface area contributed by atoms with Gasteiger partial charge >= 0.3 is 6.36 Å². The van der Waals surface area contributed by atoms with Crippen LogP contribution in [0.2, 0.25) is 0 Å². The Labute approximate surface area is 156 Å². The molecule has 0 fully saturated rings. The van der Waals surface area contributed by atoms with Crippen LogP contribution in [0.3, 0.4) is 0 Å². The highest BCUT2D eigenvalue weighted by molar-refractivity contribution is 6.03. The molecule has 11 heteroatoms. The molecule has 2 aliphatic heterocycles. The number of alkyl halides is 3. The number of carbonyl (C=O) groups excluding carboxylic acids is 1. The summed E-state index contributed by atoms with van der Waals surface area (Å²) < 4.78 is 40.7. The van der Waals surface area contributed by atoms with E-state index in [4.69, 9.17) is 0 Å². The predicted molar refractivity (Wildman–Crippen MR) is 87.3 cm³/mol. The molecule has 0 aromatic heterocycles. The van der Waals surface area contributed by atoms with Gasteiger partial charge in [-0.3, -0.25) is 14.9 Å². The molecule has 0 aliphatic carbocycles. The van der Waals surface area contributed by atoms with Gasteiger partial charge in [0.15, 0.2) is 0 Å². The third kappa shape index (κ3) is 2.68. The Bertz CT molecular complexity index is 977. The van der Waals surface area contributed by atoms with Crippen molar-refractivity contribution >= 4 is 17.3 Å². The van der Waals surface area contributed by atoms with E-state index in [2.05, 4.69) is 4.74 Å². The minimum absolute atomic E-state index is 0.0715. The first kappa shape index (κ1) is 17.9. The third-order valence-electron chi connectivity index (χ3n) is 4.24. The van der Waals surface area contributed by atoms with Gasteiger partial charge < -0.3 is 9.84 Å². The molecule has 1 amide bonds. The van der Waals surface area contributed by atoms with Gasteiger partial charge in [0.05, 0.1) is 16.9 Å². The highest BCUT2D eigenvalue weighted by Gasteiger charge is 2.43. The summed E-state index contributed by atoms with van der Waals surface area (Å²) in [4.78, 5) is 13.6. The van der Waals surface area contributed by atoms with E-state index in [1.807, 2.05) is 0 Å². The molecule has 0 saturated heterocycles. The summed E-state index contributed by atoms with van der Waals surface area (Å²) in [6.07, 6.45) is -4.85. The number of halogens is 3. The number of benzene rings is 2. The average Bonchev–Trinajstić information content (AvgIpc) is 2.90. The van der Waals surface area contributed by atoms with E-state index in [1.54, 1.807) is 24.3 Å². The van der Waals surface area contributed by atoms with E-state index in [1.165, 1.54) is 19.2 Å². The first-order chi connectivity index (χ1) is 13.2. The van der Waals surface area contributed by atoms with Crippen LogP contribution < -0.4 is 19.9 Å². The molecule has 2 aliphatic rings. The van der Waals surface area contributed by atoms with Crippen molar-refractivity contribution in [3.63, 3.8) is 0 Å². The molecule has 0 saturated carbocycles. The fourth-order valence-corrected chi connectivity index (χ4v) is 3.06. The third-order valence-corrected chi connectivity index (χ3v) is 4.24. The highest BCUT2D eigenvalue weighted by Crippen LogP contribution is 2.40. The Balaban J connectivity index is 1.74. The Morgan fingerprint density at radius 2 is 1.68 bits per heavy atom. The number of hydrogen-bond donors (Lipinski definition) is 1. The standard InChI is InChI=1S/C17H13F3N4O4/c1-21-14-16(26)22(10-6-8-11(9-7-10)28-17(18,19)20)24(27)23(14)13-5-3-2-4-12(13)15(21)25/h2-9,26-27H,1H3/p-1. The summed E-state index contributed by atoms with van der Waals surface area (Å²) in [5.74, 6) is -1.77. The van der Waals surface area contributed by atoms with Gasteiger partial charge in [0, 0.05) is 18.2 Å². The molecule has 2 aromatic rings. The molecule has 0 spiro atoms. The van der Waals surface area contributed by atoms with Crippen LogP contribution in [0.25, 0.3) is 0 Å². The summed E-state index contributed by atoms with van der Waals surface area (Å²) in [6, 6.07) is 10.8. The number of amides is 1. The minimum atomic E-state index is -4.85. The molecule has 0 bridgehead atoms. The zero-order valence-corrected chi connectivity index (χ0v) is 14.2. The zero-order valence-electron chi connectivity index (χ0n) is 14.2. The maximum atomic E-state index is 12.9. The zero-order chi connectivity index (χ0) is 20.2. The van der Waals surface area contributed by atoms with Crippen LogP contribution in [0.4, 0.5) is 24.5 Å². The van der Waals surface area contributed by atoms with Crippen molar-refractivity contribution in [1.82, 2.24) is 10.2 Å². The second-order valence-electron chi connectivity index (χ2n) is 5.94. The van der Waals surface area contributed by atoms with Crippen LogP contribution in [-0.4, -0.2) is 34.7 Å². The number of ether oxygens (including phenoxy) is 1. The number of fused-ring (bicyclic) bond motifs is 3. The first-order valence-corrected chi connectivity index (χ1v) is 7.92. The molecule has 2 heterocycles. The molecule has 28 heavy (non-hydrogen) atoms. The van der Waals surface area contributed by atoms with E-state index in [-0.39, 0.29) is 22.8 Å². The van der Waals surface area contributed by atoms with Gasteiger partial charge in [-0.2, -0.15) is 0 Å². The van der Waals surface area contributed by atoms with Crippen molar-refractivity contribution in [2.24, 2.45) is 0 Å². The van der Waals surface area contributed by atoms with Crippen LogP contribution in [0.1, 0.15) is 10.4 Å². The Morgan fingerprint density at radius 3 is 2.32 bits per heavy atom. The van der Waals surface area contributed by atoms with Crippen LogP contribution >= 0.6 is 0 Å². The quantitative estimate of drug-likeness (QED) is 0.836. The van der Waals surface area contributed by atoms with E-state index < -0.39 is 23.9 Å². The maximum absolute atomic E-state index is 12.9. The van der Waals surface area contributed by atoms with Crippen LogP contribution in [0.5, 0.6) is 5.75 Å². The largest absolute Gasteiger partial charge is 0.856 e. The SMILES string of the molecule is CN1C(=O)c2ccccc2N2C1=C([O-])N(c1ccc(OC(F)(F)F)cc1)N2O. The Hall–Kier alpha value is -3.44. The highest BCUT2D eigenvalue weighted by atomic mass is 19.4. The lowest BCUT2D eigenvalue weighted by molar-refractivity contribution is -0.314.